The van der Waals surface area contributed by atoms with Crippen LogP contribution in [0.2, 0.25) is 5.02 Å². The van der Waals surface area contributed by atoms with Crippen molar-refractivity contribution in [2.75, 3.05) is 26.8 Å². The van der Waals surface area contributed by atoms with Crippen LogP contribution in [0.3, 0.4) is 0 Å². The molecule has 0 spiro atoms. The predicted molar refractivity (Wildman–Crippen MR) is 84.2 cm³/mol. The third-order valence-electron chi connectivity index (χ3n) is 3.96. The molecule has 0 radical (unpaired) electrons. The maximum atomic E-state index is 10.5. The second-order valence-corrected chi connectivity index (χ2v) is 6.16. The van der Waals surface area contributed by atoms with Crippen LogP contribution in [0.15, 0.2) is 18.2 Å². The smallest absolute Gasteiger partial charge is 0.122 e. The molecule has 1 heterocycles. The van der Waals surface area contributed by atoms with Gasteiger partial charge >= 0.3 is 0 Å². The van der Waals surface area contributed by atoms with Crippen LogP contribution in [0.25, 0.3) is 0 Å². The van der Waals surface area contributed by atoms with E-state index in [1.165, 1.54) is 0 Å². The van der Waals surface area contributed by atoms with E-state index in [1.807, 2.05) is 12.1 Å². The molecule has 5 heteroatoms. The highest BCUT2D eigenvalue weighted by Crippen LogP contribution is 2.25. The Bertz CT molecular complexity index is 467. The van der Waals surface area contributed by atoms with E-state index < -0.39 is 6.10 Å². The molecule has 0 saturated carbocycles. The average Bonchev–Trinajstić information content (AvgIpc) is 2.47. The van der Waals surface area contributed by atoms with Gasteiger partial charge in [-0.15, -0.1) is 0 Å². The van der Waals surface area contributed by atoms with Gasteiger partial charge in [0.25, 0.3) is 0 Å². The van der Waals surface area contributed by atoms with E-state index in [0.29, 0.717) is 24.1 Å². The number of nitrogens with zero attached hydrogens (tertiary/aromatic N) is 1. The Morgan fingerprint density at radius 2 is 2.24 bits per heavy atom. The summed E-state index contributed by atoms with van der Waals surface area (Å²) in [5.74, 6) is 0.745. The minimum atomic E-state index is -0.570. The molecule has 1 aromatic rings. The molecule has 0 amide bonds. The van der Waals surface area contributed by atoms with Gasteiger partial charge in [-0.1, -0.05) is 11.6 Å². The Labute approximate surface area is 131 Å². The van der Waals surface area contributed by atoms with Gasteiger partial charge < -0.3 is 14.6 Å². The van der Waals surface area contributed by atoms with E-state index in [2.05, 4.69) is 18.7 Å². The van der Waals surface area contributed by atoms with Crippen LogP contribution in [-0.4, -0.2) is 55.1 Å². The first-order valence-corrected chi connectivity index (χ1v) is 7.75. The summed E-state index contributed by atoms with van der Waals surface area (Å²) in [4.78, 5) is 2.33. The number of rotatable bonds is 5. The fraction of sp³-hybridized carbons (Fsp3) is 0.625. The monoisotopic (exact) mass is 313 g/mol. The highest BCUT2D eigenvalue weighted by Gasteiger charge is 2.28. The van der Waals surface area contributed by atoms with Crippen molar-refractivity contribution in [2.24, 2.45) is 0 Å². The van der Waals surface area contributed by atoms with E-state index >= 15 is 0 Å². The van der Waals surface area contributed by atoms with Crippen LogP contribution in [0.1, 0.15) is 19.4 Å². The number of halogens is 1. The highest BCUT2D eigenvalue weighted by atomic mass is 35.5. The SMILES string of the molecule is COc1ccc(Cl)cc1CC(O)C1CN(C(C)C)CCO1. The lowest BCUT2D eigenvalue weighted by Crippen LogP contribution is -2.50. The zero-order chi connectivity index (χ0) is 15.4. The Morgan fingerprint density at radius 3 is 2.90 bits per heavy atom. The zero-order valence-electron chi connectivity index (χ0n) is 12.9. The molecule has 1 aliphatic rings. The van der Waals surface area contributed by atoms with Gasteiger partial charge in [-0.3, -0.25) is 4.90 Å². The molecule has 0 aromatic heterocycles. The molecule has 0 aliphatic carbocycles. The number of aliphatic hydroxyl groups is 1. The molecular weight excluding hydrogens is 290 g/mol. The van der Waals surface area contributed by atoms with Crippen LogP contribution in [0.4, 0.5) is 0 Å². The van der Waals surface area contributed by atoms with Gasteiger partial charge in [0, 0.05) is 30.6 Å². The van der Waals surface area contributed by atoms with Gasteiger partial charge in [-0.05, 0) is 37.6 Å². The minimum Gasteiger partial charge on any atom is -0.496 e. The van der Waals surface area contributed by atoms with Crippen molar-refractivity contribution < 1.29 is 14.6 Å². The molecule has 1 aromatic carbocycles. The number of methoxy groups -OCH3 is 1. The van der Waals surface area contributed by atoms with E-state index in [-0.39, 0.29) is 6.10 Å². The first kappa shape index (κ1) is 16.6. The third kappa shape index (κ3) is 4.33. The summed E-state index contributed by atoms with van der Waals surface area (Å²) in [5.41, 5.74) is 0.905. The molecule has 1 saturated heterocycles. The molecule has 21 heavy (non-hydrogen) atoms. The summed E-state index contributed by atoms with van der Waals surface area (Å²) >= 11 is 6.03. The van der Waals surface area contributed by atoms with Crippen molar-refractivity contribution >= 4 is 11.6 Å². The van der Waals surface area contributed by atoms with Gasteiger partial charge in [0.15, 0.2) is 0 Å². The van der Waals surface area contributed by atoms with Gasteiger partial charge in [0.2, 0.25) is 0 Å². The predicted octanol–water partition coefficient (Wildman–Crippen LogP) is 2.36. The second kappa shape index (κ2) is 7.45. The van der Waals surface area contributed by atoms with Gasteiger partial charge in [-0.25, -0.2) is 0 Å². The first-order chi connectivity index (χ1) is 10.0. The number of ether oxygens (including phenoxy) is 2. The van der Waals surface area contributed by atoms with Crippen molar-refractivity contribution in [3.05, 3.63) is 28.8 Å². The second-order valence-electron chi connectivity index (χ2n) is 5.73. The van der Waals surface area contributed by atoms with Gasteiger partial charge in [-0.2, -0.15) is 0 Å². The summed E-state index contributed by atoms with van der Waals surface area (Å²) < 4.78 is 11.1. The van der Waals surface area contributed by atoms with E-state index in [1.54, 1.807) is 13.2 Å². The maximum absolute atomic E-state index is 10.5. The van der Waals surface area contributed by atoms with Crippen molar-refractivity contribution in [1.29, 1.82) is 0 Å². The summed E-state index contributed by atoms with van der Waals surface area (Å²) in [6, 6.07) is 5.91. The summed E-state index contributed by atoms with van der Waals surface area (Å²) in [6.07, 6.45) is -0.274. The van der Waals surface area contributed by atoms with Crippen molar-refractivity contribution in [3.63, 3.8) is 0 Å². The number of hydrogen-bond donors (Lipinski definition) is 1. The Morgan fingerprint density at radius 1 is 1.48 bits per heavy atom. The number of benzene rings is 1. The first-order valence-electron chi connectivity index (χ1n) is 7.37. The number of hydrogen-bond acceptors (Lipinski definition) is 4. The molecule has 2 unspecified atom stereocenters. The zero-order valence-corrected chi connectivity index (χ0v) is 13.6. The summed E-state index contributed by atoms with van der Waals surface area (Å²) in [5, 5.41) is 11.1. The quantitative estimate of drug-likeness (QED) is 0.906. The normalized spacial score (nSPS) is 21.5. The van der Waals surface area contributed by atoms with Crippen LogP contribution in [0, 0.1) is 0 Å². The van der Waals surface area contributed by atoms with E-state index in [0.717, 1.165) is 24.4 Å². The van der Waals surface area contributed by atoms with Crippen LogP contribution < -0.4 is 4.74 Å². The van der Waals surface area contributed by atoms with Gasteiger partial charge in [0.05, 0.1) is 25.9 Å². The Kier molecular flexibility index (Phi) is 5.88. The topological polar surface area (TPSA) is 41.9 Å². The molecule has 1 fully saturated rings. The van der Waals surface area contributed by atoms with Crippen LogP contribution in [-0.2, 0) is 11.2 Å². The van der Waals surface area contributed by atoms with E-state index in [9.17, 15) is 5.11 Å². The van der Waals surface area contributed by atoms with Crippen molar-refractivity contribution in [2.45, 2.75) is 38.5 Å². The summed E-state index contributed by atoms with van der Waals surface area (Å²) in [7, 11) is 1.62. The van der Waals surface area contributed by atoms with Crippen LogP contribution in [0.5, 0.6) is 5.75 Å². The number of morpholine rings is 1. The standard InChI is InChI=1S/C16H24ClNO3/c1-11(2)18-6-7-21-16(10-18)14(19)9-12-8-13(17)4-5-15(12)20-3/h4-5,8,11,14,16,19H,6-7,9-10H2,1-3H3. The number of aliphatic hydroxyl groups excluding tert-OH is 1. The molecule has 2 rings (SSSR count). The largest absolute Gasteiger partial charge is 0.496 e. The van der Waals surface area contributed by atoms with E-state index in [4.69, 9.17) is 21.1 Å². The lowest BCUT2D eigenvalue weighted by atomic mass is 10.0. The molecule has 4 nitrogen and oxygen atoms in total. The average molecular weight is 314 g/mol. The fourth-order valence-electron chi connectivity index (χ4n) is 2.66. The van der Waals surface area contributed by atoms with Crippen molar-refractivity contribution in [1.82, 2.24) is 4.90 Å². The Balaban J connectivity index is 2.03. The van der Waals surface area contributed by atoms with Crippen LogP contribution >= 0.6 is 11.6 Å². The lowest BCUT2D eigenvalue weighted by Gasteiger charge is -2.37. The maximum Gasteiger partial charge on any atom is 0.122 e. The highest BCUT2D eigenvalue weighted by molar-refractivity contribution is 6.30. The molecule has 2 atom stereocenters. The lowest BCUT2D eigenvalue weighted by molar-refractivity contribution is -0.0941. The molecule has 118 valence electrons. The molecular formula is C16H24ClNO3. The fourth-order valence-corrected chi connectivity index (χ4v) is 2.86. The minimum absolute atomic E-state index is 0.176. The van der Waals surface area contributed by atoms with Gasteiger partial charge in [0.1, 0.15) is 5.75 Å². The third-order valence-corrected chi connectivity index (χ3v) is 4.19. The summed E-state index contributed by atoms with van der Waals surface area (Å²) in [6.45, 7) is 6.65. The molecule has 1 N–H and O–H groups in total. The van der Waals surface area contributed by atoms with Crippen molar-refractivity contribution in [3.8, 4) is 5.75 Å². The molecule has 0 bridgehead atoms. The molecule has 1 aliphatic heterocycles. The Hall–Kier alpha value is -0.810.